The third-order valence-electron chi connectivity index (χ3n) is 5.17. The van der Waals surface area contributed by atoms with Crippen molar-refractivity contribution < 1.29 is 4.74 Å². The fourth-order valence-electron chi connectivity index (χ4n) is 4.22. The summed E-state index contributed by atoms with van der Waals surface area (Å²) in [6, 6.07) is 0.913. The molecule has 0 aromatic carbocycles. The monoisotopic (exact) mass is 238 g/mol. The highest BCUT2D eigenvalue weighted by atomic mass is 16.5. The number of piperidine rings is 1. The van der Waals surface area contributed by atoms with Gasteiger partial charge in [-0.05, 0) is 50.5 Å². The van der Waals surface area contributed by atoms with Crippen molar-refractivity contribution in [2.75, 3.05) is 39.9 Å². The van der Waals surface area contributed by atoms with Crippen LogP contribution in [0.4, 0.5) is 0 Å². The van der Waals surface area contributed by atoms with Gasteiger partial charge in [0.1, 0.15) is 0 Å². The zero-order chi connectivity index (χ0) is 11.7. The second-order valence-electron chi connectivity index (χ2n) is 6.41. The third-order valence-corrected chi connectivity index (χ3v) is 5.17. The highest BCUT2D eigenvalue weighted by Crippen LogP contribution is 2.41. The maximum Gasteiger partial charge on any atom is 0.0472 e. The van der Waals surface area contributed by atoms with Gasteiger partial charge in [-0.3, -0.25) is 4.90 Å². The Morgan fingerprint density at radius 2 is 2.12 bits per heavy atom. The molecule has 2 heterocycles. The van der Waals surface area contributed by atoms with E-state index in [9.17, 15) is 0 Å². The number of likely N-dealkylation sites (tertiary alicyclic amines) is 1. The second-order valence-corrected chi connectivity index (χ2v) is 6.41. The third kappa shape index (κ3) is 2.38. The first-order valence-corrected chi connectivity index (χ1v) is 7.28. The quantitative estimate of drug-likeness (QED) is 0.803. The minimum atomic E-state index is 0.484. The number of hydrogen-bond donors (Lipinski definition) is 1. The van der Waals surface area contributed by atoms with Crippen molar-refractivity contribution in [2.45, 2.75) is 38.1 Å². The zero-order valence-electron chi connectivity index (χ0n) is 11.1. The van der Waals surface area contributed by atoms with Crippen molar-refractivity contribution in [3.05, 3.63) is 0 Å². The lowest BCUT2D eigenvalue weighted by Gasteiger charge is -2.42. The summed E-state index contributed by atoms with van der Waals surface area (Å²) in [5, 5.41) is 3.41. The average molecular weight is 238 g/mol. The molecular formula is C14H26N2O. The summed E-state index contributed by atoms with van der Waals surface area (Å²) in [7, 11) is 2.09. The molecule has 1 aliphatic carbocycles. The molecule has 3 heteroatoms. The summed E-state index contributed by atoms with van der Waals surface area (Å²) in [6.07, 6.45) is 6.90. The summed E-state index contributed by atoms with van der Waals surface area (Å²) in [5.74, 6) is 1.02. The normalized spacial score (nSPS) is 36.5. The molecule has 2 saturated heterocycles. The number of ether oxygens (including phenoxy) is 1. The van der Waals surface area contributed by atoms with Crippen molar-refractivity contribution in [1.29, 1.82) is 0 Å². The van der Waals surface area contributed by atoms with Crippen LogP contribution in [0, 0.1) is 11.3 Å². The van der Waals surface area contributed by atoms with E-state index in [1.54, 1.807) is 0 Å². The van der Waals surface area contributed by atoms with Crippen molar-refractivity contribution >= 4 is 0 Å². The number of nitrogens with one attached hydrogen (secondary N) is 1. The Labute approximate surface area is 105 Å². The standard InChI is InChI=1S/C14H26N2O/c1-15-10-14(4-6-17-7-5-14)11-16-9-12-2-3-13(16)8-12/h12-13,15H,2-11H2,1H3. The van der Waals surface area contributed by atoms with Gasteiger partial charge >= 0.3 is 0 Å². The van der Waals surface area contributed by atoms with E-state index < -0.39 is 0 Å². The fraction of sp³-hybridized carbons (Fsp3) is 1.00. The van der Waals surface area contributed by atoms with E-state index in [-0.39, 0.29) is 0 Å². The van der Waals surface area contributed by atoms with Gasteiger partial charge in [0.15, 0.2) is 0 Å². The molecule has 2 atom stereocenters. The van der Waals surface area contributed by atoms with Gasteiger partial charge < -0.3 is 10.1 Å². The zero-order valence-corrected chi connectivity index (χ0v) is 11.1. The van der Waals surface area contributed by atoms with Crippen LogP contribution in [-0.4, -0.2) is 50.8 Å². The molecule has 0 spiro atoms. The van der Waals surface area contributed by atoms with E-state index >= 15 is 0 Å². The van der Waals surface area contributed by atoms with Gasteiger partial charge in [0, 0.05) is 38.9 Å². The SMILES string of the molecule is CNCC1(CN2CC3CCC2C3)CCOCC1. The van der Waals surface area contributed by atoms with Gasteiger partial charge in [0.25, 0.3) is 0 Å². The maximum atomic E-state index is 5.55. The van der Waals surface area contributed by atoms with Gasteiger partial charge in [-0.1, -0.05) is 0 Å². The van der Waals surface area contributed by atoms with Crippen LogP contribution in [0.3, 0.4) is 0 Å². The first-order valence-electron chi connectivity index (χ1n) is 7.28. The van der Waals surface area contributed by atoms with Crippen LogP contribution in [0.25, 0.3) is 0 Å². The highest BCUT2D eigenvalue weighted by Gasteiger charge is 2.42. The molecule has 98 valence electrons. The fourth-order valence-corrected chi connectivity index (χ4v) is 4.22. The predicted molar refractivity (Wildman–Crippen MR) is 69.1 cm³/mol. The van der Waals surface area contributed by atoms with E-state index in [2.05, 4.69) is 17.3 Å². The smallest absolute Gasteiger partial charge is 0.0472 e. The first-order chi connectivity index (χ1) is 8.31. The molecule has 17 heavy (non-hydrogen) atoms. The molecule has 3 fully saturated rings. The summed E-state index contributed by atoms with van der Waals surface area (Å²) in [5.41, 5.74) is 0.484. The Bertz CT molecular complexity index is 257. The van der Waals surface area contributed by atoms with Crippen molar-refractivity contribution in [3.63, 3.8) is 0 Å². The summed E-state index contributed by atoms with van der Waals surface area (Å²) in [6.45, 7) is 5.76. The Kier molecular flexibility index (Phi) is 3.42. The van der Waals surface area contributed by atoms with Gasteiger partial charge in [0.2, 0.25) is 0 Å². The Hall–Kier alpha value is -0.120. The summed E-state index contributed by atoms with van der Waals surface area (Å²) in [4.78, 5) is 2.79. The van der Waals surface area contributed by atoms with Gasteiger partial charge in [0.05, 0.1) is 0 Å². The van der Waals surface area contributed by atoms with E-state index in [0.717, 1.165) is 31.7 Å². The van der Waals surface area contributed by atoms with Crippen LogP contribution < -0.4 is 5.32 Å². The molecule has 3 nitrogen and oxygen atoms in total. The molecule has 0 aromatic heterocycles. The molecule has 0 amide bonds. The van der Waals surface area contributed by atoms with Gasteiger partial charge in [-0.25, -0.2) is 0 Å². The molecule has 0 radical (unpaired) electrons. The molecule has 2 unspecified atom stereocenters. The molecule has 3 aliphatic rings. The van der Waals surface area contributed by atoms with Crippen LogP contribution in [-0.2, 0) is 4.74 Å². The highest BCUT2D eigenvalue weighted by molar-refractivity contribution is 4.96. The van der Waals surface area contributed by atoms with Crippen molar-refractivity contribution in [1.82, 2.24) is 10.2 Å². The molecule has 2 bridgehead atoms. The largest absolute Gasteiger partial charge is 0.381 e. The van der Waals surface area contributed by atoms with E-state index in [0.29, 0.717) is 5.41 Å². The molecule has 0 aromatic rings. The molecule has 1 N–H and O–H groups in total. The number of rotatable bonds is 4. The maximum absolute atomic E-state index is 5.55. The Morgan fingerprint density at radius 3 is 2.71 bits per heavy atom. The van der Waals surface area contributed by atoms with Crippen LogP contribution >= 0.6 is 0 Å². The lowest BCUT2D eigenvalue weighted by molar-refractivity contribution is -0.00846. The van der Waals surface area contributed by atoms with Crippen LogP contribution in [0.2, 0.25) is 0 Å². The number of hydrogen-bond acceptors (Lipinski definition) is 3. The van der Waals surface area contributed by atoms with E-state index in [1.807, 2.05) is 0 Å². The van der Waals surface area contributed by atoms with E-state index in [4.69, 9.17) is 4.74 Å². The molecule has 2 aliphatic heterocycles. The predicted octanol–water partition coefficient (Wildman–Crippen LogP) is 1.49. The molecule has 1 saturated carbocycles. The molecule has 3 rings (SSSR count). The number of fused-ring (bicyclic) bond motifs is 2. The first kappa shape index (κ1) is 11.9. The minimum absolute atomic E-state index is 0.484. The second kappa shape index (κ2) is 4.87. The van der Waals surface area contributed by atoms with Gasteiger partial charge in [-0.2, -0.15) is 0 Å². The summed E-state index contributed by atoms with van der Waals surface area (Å²) < 4.78 is 5.55. The average Bonchev–Trinajstić information content (AvgIpc) is 2.92. The topological polar surface area (TPSA) is 24.5 Å². The van der Waals surface area contributed by atoms with Crippen LogP contribution in [0.1, 0.15) is 32.1 Å². The van der Waals surface area contributed by atoms with Crippen LogP contribution in [0.5, 0.6) is 0 Å². The Morgan fingerprint density at radius 1 is 1.29 bits per heavy atom. The van der Waals surface area contributed by atoms with Crippen molar-refractivity contribution in [3.8, 4) is 0 Å². The Balaban J connectivity index is 1.63. The minimum Gasteiger partial charge on any atom is -0.381 e. The molecular weight excluding hydrogens is 212 g/mol. The number of nitrogens with zero attached hydrogens (tertiary/aromatic N) is 1. The van der Waals surface area contributed by atoms with E-state index in [1.165, 1.54) is 45.2 Å². The lowest BCUT2D eigenvalue weighted by atomic mass is 9.79. The van der Waals surface area contributed by atoms with Gasteiger partial charge in [-0.15, -0.1) is 0 Å². The lowest BCUT2D eigenvalue weighted by Crippen LogP contribution is -2.48. The summed E-state index contributed by atoms with van der Waals surface area (Å²) >= 11 is 0. The van der Waals surface area contributed by atoms with Crippen LogP contribution in [0.15, 0.2) is 0 Å². The van der Waals surface area contributed by atoms with Crippen molar-refractivity contribution in [2.24, 2.45) is 11.3 Å².